The van der Waals surface area contributed by atoms with Gasteiger partial charge < -0.3 is 9.15 Å². The molecule has 0 saturated heterocycles. The van der Waals surface area contributed by atoms with Crippen molar-refractivity contribution in [3.05, 3.63) is 17.8 Å². The maximum atomic E-state index is 11.7. The summed E-state index contributed by atoms with van der Waals surface area (Å²) >= 11 is 0. The van der Waals surface area contributed by atoms with Crippen LogP contribution in [0, 0.1) is 0 Å². The van der Waals surface area contributed by atoms with Crippen LogP contribution in [0.3, 0.4) is 0 Å². The van der Waals surface area contributed by atoms with Crippen molar-refractivity contribution in [2.24, 2.45) is 0 Å². The molecular weight excluding hydrogens is 206 g/mol. The maximum absolute atomic E-state index is 11.7. The van der Waals surface area contributed by atoms with Gasteiger partial charge in [0.1, 0.15) is 5.76 Å². The summed E-state index contributed by atoms with van der Waals surface area (Å²) in [5.74, 6) is 0.322. The number of carbonyl (C=O) groups excluding carboxylic acids is 1. The van der Waals surface area contributed by atoms with E-state index in [1.165, 1.54) is 19.2 Å². The van der Waals surface area contributed by atoms with Crippen molar-refractivity contribution in [2.75, 3.05) is 6.61 Å². The summed E-state index contributed by atoms with van der Waals surface area (Å²) < 4.78 is 10.4. The zero-order valence-electron chi connectivity index (χ0n) is 9.78. The van der Waals surface area contributed by atoms with Crippen molar-refractivity contribution in [2.45, 2.75) is 44.9 Å². The molecule has 1 aliphatic carbocycles. The molecule has 0 aromatic carbocycles. The summed E-state index contributed by atoms with van der Waals surface area (Å²) in [4.78, 5) is 15.7. The van der Waals surface area contributed by atoms with Crippen molar-refractivity contribution < 1.29 is 13.9 Å². The molecule has 1 fully saturated rings. The molecule has 16 heavy (non-hydrogen) atoms. The van der Waals surface area contributed by atoms with Crippen molar-refractivity contribution in [3.63, 3.8) is 0 Å². The molecule has 0 spiro atoms. The van der Waals surface area contributed by atoms with Gasteiger partial charge in [-0.3, -0.25) is 0 Å². The predicted molar refractivity (Wildman–Crippen MR) is 58.3 cm³/mol. The molecule has 4 nitrogen and oxygen atoms in total. The van der Waals surface area contributed by atoms with E-state index in [0.29, 0.717) is 18.1 Å². The van der Waals surface area contributed by atoms with Gasteiger partial charge in [-0.1, -0.05) is 19.8 Å². The second kappa shape index (κ2) is 4.28. The Morgan fingerprint density at radius 2 is 2.25 bits per heavy atom. The minimum atomic E-state index is -0.376. The zero-order valence-corrected chi connectivity index (χ0v) is 9.78. The predicted octanol–water partition coefficient (Wildman–Crippen LogP) is 2.68. The normalized spacial score (nSPS) is 18.6. The van der Waals surface area contributed by atoms with E-state index in [4.69, 9.17) is 9.15 Å². The number of aromatic nitrogens is 1. The van der Waals surface area contributed by atoms with Crippen molar-refractivity contribution >= 4 is 5.97 Å². The third-order valence-electron chi connectivity index (χ3n) is 3.29. The van der Waals surface area contributed by atoms with E-state index in [2.05, 4.69) is 11.9 Å². The molecule has 0 amide bonds. The molecule has 1 aromatic rings. The van der Waals surface area contributed by atoms with Crippen molar-refractivity contribution in [3.8, 4) is 0 Å². The van der Waals surface area contributed by atoms with E-state index in [9.17, 15) is 4.79 Å². The highest BCUT2D eigenvalue weighted by Crippen LogP contribution is 2.41. The maximum Gasteiger partial charge on any atom is 0.360 e. The van der Waals surface area contributed by atoms with Crippen LogP contribution in [0.4, 0.5) is 0 Å². The van der Waals surface area contributed by atoms with Crippen LogP contribution in [0.1, 0.15) is 55.8 Å². The van der Waals surface area contributed by atoms with Crippen LogP contribution >= 0.6 is 0 Å². The monoisotopic (exact) mass is 223 g/mol. The molecule has 1 heterocycles. The Balaban J connectivity index is 2.28. The van der Waals surface area contributed by atoms with E-state index in [0.717, 1.165) is 12.8 Å². The Bertz CT molecular complexity index is 377. The van der Waals surface area contributed by atoms with Gasteiger partial charge in [-0.05, 0) is 19.8 Å². The Morgan fingerprint density at radius 1 is 1.56 bits per heavy atom. The van der Waals surface area contributed by atoms with Crippen LogP contribution in [0.5, 0.6) is 0 Å². The van der Waals surface area contributed by atoms with E-state index in [1.807, 2.05) is 0 Å². The number of rotatable bonds is 3. The highest BCUT2D eigenvalue weighted by molar-refractivity contribution is 5.88. The van der Waals surface area contributed by atoms with E-state index in [-0.39, 0.29) is 11.4 Å². The number of ether oxygens (including phenoxy) is 1. The van der Waals surface area contributed by atoms with Crippen LogP contribution in [-0.4, -0.2) is 17.6 Å². The van der Waals surface area contributed by atoms with Gasteiger partial charge in [-0.25, -0.2) is 9.78 Å². The minimum absolute atomic E-state index is 0.0431. The van der Waals surface area contributed by atoms with Gasteiger partial charge in [0, 0.05) is 5.41 Å². The number of esters is 1. The Kier molecular flexibility index (Phi) is 2.99. The summed E-state index contributed by atoms with van der Waals surface area (Å²) in [6.45, 7) is 4.28. The minimum Gasteiger partial charge on any atom is -0.461 e. The Morgan fingerprint density at radius 3 is 2.88 bits per heavy atom. The highest BCUT2D eigenvalue weighted by atomic mass is 16.5. The number of nitrogens with zero attached hydrogens (tertiary/aromatic N) is 1. The first-order valence-corrected chi connectivity index (χ1v) is 5.78. The second-order valence-corrected chi connectivity index (χ2v) is 4.52. The summed E-state index contributed by atoms with van der Waals surface area (Å²) in [6.07, 6.45) is 5.80. The van der Waals surface area contributed by atoms with Gasteiger partial charge in [-0.15, -0.1) is 0 Å². The van der Waals surface area contributed by atoms with E-state index in [1.54, 1.807) is 6.92 Å². The molecule has 0 aliphatic heterocycles. The number of oxazole rings is 1. The van der Waals surface area contributed by atoms with Gasteiger partial charge in [0.15, 0.2) is 12.1 Å². The molecule has 0 N–H and O–H groups in total. The average Bonchev–Trinajstić information content (AvgIpc) is 2.86. The average molecular weight is 223 g/mol. The highest BCUT2D eigenvalue weighted by Gasteiger charge is 2.38. The van der Waals surface area contributed by atoms with Crippen LogP contribution in [0.2, 0.25) is 0 Å². The topological polar surface area (TPSA) is 52.3 Å². The van der Waals surface area contributed by atoms with Crippen molar-refractivity contribution in [1.29, 1.82) is 0 Å². The quantitative estimate of drug-likeness (QED) is 0.739. The molecular formula is C12H17NO3. The van der Waals surface area contributed by atoms with Crippen LogP contribution in [0.25, 0.3) is 0 Å². The van der Waals surface area contributed by atoms with Crippen LogP contribution < -0.4 is 0 Å². The first-order valence-electron chi connectivity index (χ1n) is 5.78. The summed E-state index contributed by atoms with van der Waals surface area (Å²) in [5, 5.41) is 0. The molecule has 1 aliphatic rings. The lowest BCUT2D eigenvalue weighted by Gasteiger charge is -2.20. The molecule has 1 saturated carbocycles. The lowest BCUT2D eigenvalue weighted by Crippen LogP contribution is -2.20. The van der Waals surface area contributed by atoms with Gasteiger partial charge in [0.05, 0.1) is 6.61 Å². The lowest BCUT2D eigenvalue weighted by molar-refractivity contribution is 0.0515. The molecule has 2 rings (SSSR count). The summed E-state index contributed by atoms with van der Waals surface area (Å²) in [5.41, 5.74) is 0.310. The Hall–Kier alpha value is -1.32. The zero-order chi connectivity index (χ0) is 11.6. The largest absolute Gasteiger partial charge is 0.461 e. The smallest absolute Gasteiger partial charge is 0.360 e. The fraction of sp³-hybridized carbons (Fsp3) is 0.667. The molecule has 1 aromatic heterocycles. The summed E-state index contributed by atoms with van der Waals surface area (Å²) in [7, 11) is 0. The third kappa shape index (κ3) is 1.84. The Labute approximate surface area is 95.0 Å². The fourth-order valence-electron chi connectivity index (χ4n) is 2.40. The van der Waals surface area contributed by atoms with Gasteiger partial charge >= 0.3 is 5.97 Å². The van der Waals surface area contributed by atoms with Gasteiger partial charge in [-0.2, -0.15) is 0 Å². The molecule has 0 unspecified atom stereocenters. The molecule has 0 radical (unpaired) electrons. The van der Waals surface area contributed by atoms with E-state index >= 15 is 0 Å². The lowest BCUT2D eigenvalue weighted by atomic mass is 9.85. The summed E-state index contributed by atoms with van der Waals surface area (Å²) in [6, 6.07) is 0. The van der Waals surface area contributed by atoms with Crippen LogP contribution in [-0.2, 0) is 10.2 Å². The second-order valence-electron chi connectivity index (χ2n) is 4.52. The molecule has 88 valence electrons. The SMILES string of the molecule is CCOC(=O)c1ncoc1C1(C)CCCC1. The fourth-order valence-corrected chi connectivity index (χ4v) is 2.40. The van der Waals surface area contributed by atoms with E-state index < -0.39 is 0 Å². The van der Waals surface area contributed by atoms with Crippen LogP contribution in [0.15, 0.2) is 10.8 Å². The number of hydrogen-bond donors (Lipinski definition) is 0. The first kappa shape index (κ1) is 11.2. The number of carbonyl (C=O) groups is 1. The first-order chi connectivity index (χ1) is 7.67. The molecule has 0 bridgehead atoms. The standard InChI is InChI=1S/C12H17NO3/c1-3-15-11(14)9-10(16-8-13-9)12(2)6-4-5-7-12/h8H,3-7H2,1-2H3. The van der Waals surface area contributed by atoms with Crippen molar-refractivity contribution in [1.82, 2.24) is 4.98 Å². The molecule has 0 atom stereocenters. The number of hydrogen-bond acceptors (Lipinski definition) is 4. The van der Waals surface area contributed by atoms with Gasteiger partial charge in [0.25, 0.3) is 0 Å². The van der Waals surface area contributed by atoms with Gasteiger partial charge in [0.2, 0.25) is 0 Å². The molecule has 4 heteroatoms. The third-order valence-corrected chi connectivity index (χ3v) is 3.29.